The molecule has 1 fully saturated rings. The van der Waals surface area contributed by atoms with E-state index in [1.54, 1.807) is 0 Å². The SMILES string of the molecule is CC[C@H](C)NC(=O)Cn1cnc2nc(N3CCN(CC)CC3)sc2c1=O. The first kappa shape index (κ1) is 18.8. The summed E-state index contributed by atoms with van der Waals surface area (Å²) in [6.45, 7) is 10.9. The molecule has 142 valence electrons. The van der Waals surface area contributed by atoms with Crippen LogP contribution in [-0.4, -0.2) is 64.1 Å². The van der Waals surface area contributed by atoms with Crippen LogP contribution in [0.15, 0.2) is 11.1 Å². The molecular weight excluding hydrogens is 352 g/mol. The molecule has 1 amide bonds. The number of hydrogen-bond acceptors (Lipinski definition) is 7. The second-order valence-electron chi connectivity index (χ2n) is 6.62. The van der Waals surface area contributed by atoms with Gasteiger partial charge in [-0.2, -0.15) is 4.98 Å². The van der Waals surface area contributed by atoms with Gasteiger partial charge >= 0.3 is 0 Å². The number of anilines is 1. The number of piperazine rings is 1. The number of aromatic nitrogens is 3. The van der Waals surface area contributed by atoms with Gasteiger partial charge in [0, 0.05) is 32.2 Å². The molecule has 1 N–H and O–H groups in total. The third-order valence-electron chi connectivity index (χ3n) is 4.80. The molecule has 3 rings (SSSR count). The van der Waals surface area contributed by atoms with Crippen LogP contribution in [-0.2, 0) is 11.3 Å². The summed E-state index contributed by atoms with van der Waals surface area (Å²) in [4.78, 5) is 38.2. The van der Waals surface area contributed by atoms with Crippen LogP contribution in [0.2, 0.25) is 0 Å². The minimum Gasteiger partial charge on any atom is -0.352 e. The van der Waals surface area contributed by atoms with Gasteiger partial charge in [0.2, 0.25) is 5.91 Å². The Morgan fingerprint density at radius 3 is 2.69 bits per heavy atom. The van der Waals surface area contributed by atoms with E-state index in [-0.39, 0.29) is 24.1 Å². The molecule has 0 saturated carbocycles. The normalized spacial score (nSPS) is 16.8. The van der Waals surface area contributed by atoms with Gasteiger partial charge in [-0.05, 0) is 19.9 Å². The van der Waals surface area contributed by atoms with Crippen molar-refractivity contribution in [3.63, 3.8) is 0 Å². The highest BCUT2D eigenvalue weighted by Crippen LogP contribution is 2.26. The standard InChI is InChI=1S/C17H26N6O2S/c1-4-12(3)19-13(24)10-23-11-18-15-14(16(23)25)26-17(20-15)22-8-6-21(5-2)7-9-22/h11-12H,4-10H2,1-3H3,(H,19,24)/t12-/m0/s1. The minimum absolute atomic E-state index is 0.0193. The van der Waals surface area contributed by atoms with E-state index in [2.05, 4.69) is 32.0 Å². The van der Waals surface area contributed by atoms with Crippen LogP contribution in [0.5, 0.6) is 0 Å². The van der Waals surface area contributed by atoms with Crippen molar-refractivity contribution in [2.75, 3.05) is 37.6 Å². The number of amides is 1. The van der Waals surface area contributed by atoms with Crippen LogP contribution in [0.3, 0.4) is 0 Å². The number of hydrogen-bond donors (Lipinski definition) is 1. The van der Waals surface area contributed by atoms with Crippen molar-refractivity contribution >= 4 is 32.7 Å². The molecule has 0 spiro atoms. The van der Waals surface area contributed by atoms with Gasteiger partial charge in [0.15, 0.2) is 10.8 Å². The Hall–Kier alpha value is -2.00. The molecule has 9 heteroatoms. The number of nitrogens with zero attached hydrogens (tertiary/aromatic N) is 5. The van der Waals surface area contributed by atoms with Crippen LogP contribution in [0, 0.1) is 0 Å². The van der Waals surface area contributed by atoms with E-state index in [1.807, 2.05) is 13.8 Å². The van der Waals surface area contributed by atoms with E-state index in [0.29, 0.717) is 10.3 Å². The second kappa shape index (κ2) is 8.13. The third kappa shape index (κ3) is 4.04. The van der Waals surface area contributed by atoms with Gasteiger partial charge in [-0.3, -0.25) is 14.2 Å². The van der Waals surface area contributed by atoms with E-state index in [4.69, 9.17) is 0 Å². The molecule has 1 aliphatic heterocycles. The summed E-state index contributed by atoms with van der Waals surface area (Å²) in [5, 5.41) is 3.70. The lowest BCUT2D eigenvalue weighted by molar-refractivity contribution is -0.122. The Balaban J connectivity index is 1.77. The Labute approximate surface area is 156 Å². The van der Waals surface area contributed by atoms with Crippen LogP contribution >= 0.6 is 11.3 Å². The molecule has 8 nitrogen and oxygen atoms in total. The number of carbonyl (C=O) groups excluding carboxylic acids is 1. The van der Waals surface area contributed by atoms with Gasteiger partial charge in [-0.15, -0.1) is 0 Å². The molecule has 0 aromatic carbocycles. The largest absolute Gasteiger partial charge is 0.352 e. The zero-order valence-corrected chi connectivity index (χ0v) is 16.4. The fourth-order valence-corrected chi connectivity index (χ4v) is 3.94. The zero-order chi connectivity index (χ0) is 18.7. The lowest BCUT2D eigenvalue weighted by Gasteiger charge is -2.33. The molecule has 0 bridgehead atoms. The number of likely N-dealkylation sites (N-methyl/N-ethyl adjacent to an activating group) is 1. The van der Waals surface area contributed by atoms with Crippen molar-refractivity contribution < 1.29 is 4.79 Å². The van der Waals surface area contributed by atoms with Gasteiger partial charge in [0.05, 0.1) is 0 Å². The Morgan fingerprint density at radius 2 is 2.04 bits per heavy atom. The number of rotatable bonds is 6. The number of nitrogens with one attached hydrogen (secondary N) is 1. The molecular formula is C17H26N6O2S. The lowest BCUT2D eigenvalue weighted by atomic mass is 10.2. The fraction of sp³-hybridized carbons (Fsp3) is 0.647. The molecule has 0 aliphatic carbocycles. The minimum atomic E-state index is -0.203. The first-order valence-electron chi connectivity index (χ1n) is 9.14. The van der Waals surface area contributed by atoms with Gasteiger partial charge in [-0.1, -0.05) is 25.2 Å². The van der Waals surface area contributed by atoms with E-state index in [0.717, 1.165) is 44.3 Å². The average molecular weight is 379 g/mol. The molecule has 0 radical (unpaired) electrons. The van der Waals surface area contributed by atoms with Crippen molar-refractivity contribution in [1.29, 1.82) is 0 Å². The van der Waals surface area contributed by atoms with E-state index in [9.17, 15) is 9.59 Å². The predicted octanol–water partition coefficient (Wildman–Crippen LogP) is 0.910. The van der Waals surface area contributed by atoms with Crippen molar-refractivity contribution in [1.82, 2.24) is 24.8 Å². The first-order valence-corrected chi connectivity index (χ1v) is 9.96. The summed E-state index contributed by atoms with van der Waals surface area (Å²) in [5.74, 6) is -0.178. The third-order valence-corrected chi connectivity index (χ3v) is 5.89. The molecule has 3 heterocycles. The quantitative estimate of drug-likeness (QED) is 0.804. The number of fused-ring (bicyclic) bond motifs is 1. The van der Waals surface area contributed by atoms with E-state index in [1.165, 1.54) is 22.2 Å². The Morgan fingerprint density at radius 1 is 1.31 bits per heavy atom. The van der Waals surface area contributed by atoms with Gasteiger partial charge in [-0.25, -0.2) is 4.98 Å². The van der Waals surface area contributed by atoms with Gasteiger partial charge in [0.25, 0.3) is 5.56 Å². The fourth-order valence-electron chi connectivity index (χ4n) is 2.92. The highest BCUT2D eigenvalue weighted by molar-refractivity contribution is 7.22. The maximum atomic E-state index is 12.7. The van der Waals surface area contributed by atoms with Crippen molar-refractivity contribution in [3.05, 3.63) is 16.7 Å². The molecule has 2 aromatic rings. The predicted molar refractivity (Wildman–Crippen MR) is 104 cm³/mol. The molecule has 0 unspecified atom stereocenters. The summed E-state index contributed by atoms with van der Waals surface area (Å²) < 4.78 is 1.87. The van der Waals surface area contributed by atoms with Crippen LogP contribution in [0.25, 0.3) is 10.3 Å². The second-order valence-corrected chi connectivity index (χ2v) is 7.60. The topological polar surface area (TPSA) is 83.4 Å². The summed E-state index contributed by atoms with van der Waals surface area (Å²) in [6, 6.07) is 0.0895. The van der Waals surface area contributed by atoms with Crippen LogP contribution < -0.4 is 15.8 Å². The van der Waals surface area contributed by atoms with E-state index >= 15 is 0 Å². The summed E-state index contributed by atoms with van der Waals surface area (Å²) in [7, 11) is 0. The highest BCUT2D eigenvalue weighted by Gasteiger charge is 2.20. The number of carbonyl (C=O) groups is 1. The van der Waals surface area contributed by atoms with Crippen molar-refractivity contribution in [2.24, 2.45) is 0 Å². The Bertz CT molecular complexity index is 824. The van der Waals surface area contributed by atoms with Crippen molar-refractivity contribution in [2.45, 2.75) is 39.8 Å². The molecule has 1 saturated heterocycles. The highest BCUT2D eigenvalue weighted by atomic mass is 32.1. The molecule has 1 aliphatic rings. The van der Waals surface area contributed by atoms with Gasteiger partial charge < -0.3 is 15.1 Å². The summed E-state index contributed by atoms with van der Waals surface area (Å²) >= 11 is 1.37. The maximum absolute atomic E-state index is 12.7. The molecule has 1 atom stereocenters. The van der Waals surface area contributed by atoms with E-state index < -0.39 is 0 Å². The van der Waals surface area contributed by atoms with Gasteiger partial charge in [0.1, 0.15) is 17.6 Å². The monoisotopic (exact) mass is 378 g/mol. The summed E-state index contributed by atoms with van der Waals surface area (Å²) in [5.41, 5.74) is 0.261. The average Bonchev–Trinajstić information content (AvgIpc) is 3.09. The smallest absolute Gasteiger partial charge is 0.273 e. The lowest BCUT2D eigenvalue weighted by Crippen LogP contribution is -2.46. The zero-order valence-electron chi connectivity index (χ0n) is 15.6. The summed E-state index contributed by atoms with van der Waals surface area (Å²) in [6.07, 6.45) is 2.26. The van der Waals surface area contributed by atoms with Crippen LogP contribution in [0.1, 0.15) is 27.2 Å². The van der Waals surface area contributed by atoms with Crippen molar-refractivity contribution in [3.8, 4) is 0 Å². The van der Waals surface area contributed by atoms with Crippen LogP contribution in [0.4, 0.5) is 5.13 Å². The molecule has 2 aromatic heterocycles. The Kier molecular flexibility index (Phi) is 5.87. The maximum Gasteiger partial charge on any atom is 0.273 e. The molecule has 26 heavy (non-hydrogen) atoms. The number of thiazole rings is 1. The first-order chi connectivity index (χ1) is 12.5.